The van der Waals surface area contributed by atoms with Crippen LogP contribution < -0.4 is 4.72 Å². The molecule has 5 nitrogen and oxygen atoms in total. The summed E-state index contributed by atoms with van der Waals surface area (Å²) < 4.78 is 19.8. The highest BCUT2D eigenvalue weighted by Crippen LogP contribution is 2.31. The van der Waals surface area contributed by atoms with Gasteiger partial charge >= 0.3 is 0 Å². The minimum Gasteiger partial charge on any atom is -0.324 e. The summed E-state index contributed by atoms with van der Waals surface area (Å²) in [7, 11) is 0. The van der Waals surface area contributed by atoms with Crippen LogP contribution in [-0.4, -0.2) is 19.4 Å². The van der Waals surface area contributed by atoms with E-state index in [1.165, 1.54) is 18.0 Å². The molecule has 1 N–H and O–H groups in total. The first-order valence-electron chi connectivity index (χ1n) is 7.09. The third-order valence-electron chi connectivity index (χ3n) is 3.44. The predicted molar refractivity (Wildman–Crippen MR) is 96.6 cm³/mol. The van der Waals surface area contributed by atoms with Crippen LogP contribution in [0.25, 0.3) is 16.7 Å². The SMILES string of the molecule is Cc1cn2cc(NSc3ccc(Br)c4nccnc34)cc(F)c2n1. The molecule has 1 aromatic carbocycles. The molecule has 24 heavy (non-hydrogen) atoms. The van der Waals surface area contributed by atoms with Gasteiger partial charge < -0.3 is 9.12 Å². The van der Waals surface area contributed by atoms with Crippen molar-refractivity contribution in [1.82, 2.24) is 19.4 Å². The highest BCUT2D eigenvalue weighted by Gasteiger charge is 2.10. The summed E-state index contributed by atoms with van der Waals surface area (Å²) in [5.74, 6) is -0.367. The first-order chi connectivity index (χ1) is 11.6. The van der Waals surface area contributed by atoms with Crippen molar-refractivity contribution in [3.05, 3.63) is 59.0 Å². The lowest BCUT2D eigenvalue weighted by Gasteiger charge is -2.09. The summed E-state index contributed by atoms with van der Waals surface area (Å²) in [6.45, 7) is 1.83. The van der Waals surface area contributed by atoms with Gasteiger partial charge in [-0.1, -0.05) is 0 Å². The van der Waals surface area contributed by atoms with Gasteiger partial charge in [-0.05, 0) is 46.9 Å². The smallest absolute Gasteiger partial charge is 0.173 e. The van der Waals surface area contributed by atoms with E-state index in [0.29, 0.717) is 11.3 Å². The zero-order chi connectivity index (χ0) is 16.7. The summed E-state index contributed by atoms with van der Waals surface area (Å²) in [5.41, 5.74) is 3.30. The maximum atomic E-state index is 14.1. The Hall–Kier alpha value is -2.19. The number of halogens is 2. The van der Waals surface area contributed by atoms with Crippen molar-refractivity contribution < 1.29 is 4.39 Å². The number of nitrogens with zero attached hydrogens (tertiary/aromatic N) is 4. The molecule has 0 unspecified atom stereocenters. The van der Waals surface area contributed by atoms with Crippen LogP contribution in [0.3, 0.4) is 0 Å². The maximum absolute atomic E-state index is 14.1. The average molecular weight is 404 g/mol. The third-order valence-corrected chi connectivity index (χ3v) is 4.97. The molecular weight excluding hydrogens is 393 g/mol. The number of imidazole rings is 1. The highest BCUT2D eigenvalue weighted by molar-refractivity contribution is 9.10. The van der Waals surface area contributed by atoms with Gasteiger partial charge in [0.1, 0.15) is 11.0 Å². The Labute approximate surface area is 149 Å². The summed E-state index contributed by atoms with van der Waals surface area (Å²) in [4.78, 5) is 13.8. The van der Waals surface area contributed by atoms with Gasteiger partial charge in [-0.2, -0.15) is 0 Å². The lowest BCUT2D eigenvalue weighted by atomic mass is 10.3. The fraction of sp³-hybridized carbons (Fsp3) is 0.0625. The van der Waals surface area contributed by atoms with Crippen LogP contribution in [0, 0.1) is 12.7 Å². The number of aromatic nitrogens is 4. The van der Waals surface area contributed by atoms with Crippen LogP contribution in [0.15, 0.2) is 52.4 Å². The quantitative estimate of drug-likeness (QED) is 0.506. The van der Waals surface area contributed by atoms with E-state index >= 15 is 0 Å². The molecule has 4 rings (SSSR count). The Bertz CT molecular complexity index is 1070. The fourth-order valence-electron chi connectivity index (χ4n) is 2.43. The molecule has 0 aliphatic rings. The number of anilines is 1. The molecular formula is C16H11BrFN5S. The number of aryl methyl sites for hydroxylation is 1. The van der Waals surface area contributed by atoms with Crippen molar-refractivity contribution in [2.24, 2.45) is 0 Å². The largest absolute Gasteiger partial charge is 0.324 e. The normalized spacial score (nSPS) is 11.3. The fourth-order valence-corrected chi connectivity index (χ4v) is 3.58. The standard InChI is InChI=1S/C16H11BrFN5S/c1-9-7-23-8-10(6-12(18)16(23)21-9)22-24-13-3-2-11(17)14-15(13)20-5-4-19-14/h2-8,22H,1H3. The van der Waals surface area contributed by atoms with Gasteiger partial charge in [-0.3, -0.25) is 9.97 Å². The van der Waals surface area contributed by atoms with Crippen molar-refractivity contribution in [2.45, 2.75) is 11.8 Å². The van der Waals surface area contributed by atoms with E-state index in [0.717, 1.165) is 26.1 Å². The van der Waals surface area contributed by atoms with Gasteiger partial charge in [-0.15, -0.1) is 0 Å². The molecule has 0 atom stereocenters. The second-order valence-corrected chi connectivity index (χ2v) is 6.90. The van der Waals surface area contributed by atoms with Crippen molar-refractivity contribution in [3.8, 4) is 0 Å². The summed E-state index contributed by atoms with van der Waals surface area (Å²) in [6, 6.07) is 5.29. The van der Waals surface area contributed by atoms with Crippen LogP contribution in [0.4, 0.5) is 10.1 Å². The number of nitrogens with one attached hydrogen (secondary N) is 1. The van der Waals surface area contributed by atoms with Crippen LogP contribution in [0.1, 0.15) is 5.69 Å². The maximum Gasteiger partial charge on any atom is 0.173 e. The van der Waals surface area contributed by atoms with Crippen LogP contribution in [-0.2, 0) is 0 Å². The summed E-state index contributed by atoms with van der Waals surface area (Å²) >= 11 is 4.84. The summed E-state index contributed by atoms with van der Waals surface area (Å²) in [5, 5.41) is 0. The first-order valence-corrected chi connectivity index (χ1v) is 8.70. The van der Waals surface area contributed by atoms with E-state index in [1.54, 1.807) is 29.2 Å². The molecule has 3 heterocycles. The molecule has 0 spiro atoms. The minimum atomic E-state index is -0.367. The number of rotatable bonds is 3. The lowest BCUT2D eigenvalue weighted by Crippen LogP contribution is -1.95. The number of hydrogen-bond acceptors (Lipinski definition) is 5. The predicted octanol–water partition coefficient (Wildman–Crippen LogP) is 4.61. The number of pyridine rings is 1. The molecule has 0 saturated heterocycles. The number of benzene rings is 1. The van der Waals surface area contributed by atoms with Crippen LogP contribution >= 0.6 is 27.9 Å². The van der Waals surface area contributed by atoms with Crippen LogP contribution in [0.5, 0.6) is 0 Å². The van der Waals surface area contributed by atoms with Gasteiger partial charge in [0.05, 0.1) is 16.3 Å². The molecule has 0 aliphatic carbocycles. The number of hydrogen-bond donors (Lipinski definition) is 1. The first kappa shape index (κ1) is 15.3. The topological polar surface area (TPSA) is 55.1 Å². The van der Waals surface area contributed by atoms with Crippen molar-refractivity contribution in [2.75, 3.05) is 4.72 Å². The Morgan fingerprint density at radius 3 is 2.79 bits per heavy atom. The second-order valence-electron chi connectivity index (χ2n) is 5.19. The Balaban J connectivity index is 1.67. The number of fused-ring (bicyclic) bond motifs is 2. The van der Waals surface area contributed by atoms with E-state index in [1.807, 2.05) is 19.1 Å². The Morgan fingerprint density at radius 1 is 1.17 bits per heavy atom. The van der Waals surface area contributed by atoms with Crippen LogP contribution in [0.2, 0.25) is 0 Å². The zero-order valence-corrected chi connectivity index (χ0v) is 14.9. The molecule has 0 bridgehead atoms. The van der Waals surface area contributed by atoms with Crippen molar-refractivity contribution in [1.29, 1.82) is 0 Å². The lowest BCUT2D eigenvalue weighted by molar-refractivity contribution is 0.630. The molecule has 0 radical (unpaired) electrons. The average Bonchev–Trinajstić information content (AvgIpc) is 2.95. The van der Waals surface area contributed by atoms with Gasteiger partial charge in [0, 0.05) is 35.3 Å². The Kier molecular flexibility index (Phi) is 3.85. The molecule has 0 aliphatic heterocycles. The zero-order valence-electron chi connectivity index (χ0n) is 12.5. The third kappa shape index (κ3) is 2.71. The molecule has 0 saturated carbocycles. The van der Waals surface area contributed by atoms with E-state index in [9.17, 15) is 4.39 Å². The van der Waals surface area contributed by atoms with E-state index in [2.05, 4.69) is 35.6 Å². The highest BCUT2D eigenvalue weighted by atomic mass is 79.9. The van der Waals surface area contributed by atoms with E-state index < -0.39 is 0 Å². The molecule has 120 valence electrons. The summed E-state index contributed by atoms with van der Waals surface area (Å²) in [6.07, 6.45) is 6.89. The van der Waals surface area contributed by atoms with Crippen molar-refractivity contribution in [3.63, 3.8) is 0 Å². The van der Waals surface area contributed by atoms with E-state index in [4.69, 9.17) is 0 Å². The van der Waals surface area contributed by atoms with Crippen molar-refractivity contribution >= 4 is 50.2 Å². The van der Waals surface area contributed by atoms with E-state index in [-0.39, 0.29) is 5.82 Å². The molecule has 0 fully saturated rings. The molecule has 3 aromatic heterocycles. The van der Waals surface area contributed by atoms with Gasteiger partial charge in [-0.25, -0.2) is 9.37 Å². The second kappa shape index (κ2) is 6.03. The Morgan fingerprint density at radius 2 is 1.96 bits per heavy atom. The van der Waals surface area contributed by atoms with Gasteiger partial charge in [0.2, 0.25) is 0 Å². The van der Waals surface area contributed by atoms with Gasteiger partial charge in [0.25, 0.3) is 0 Å². The molecule has 4 aromatic rings. The monoisotopic (exact) mass is 403 g/mol. The molecule has 8 heteroatoms. The van der Waals surface area contributed by atoms with Gasteiger partial charge in [0.15, 0.2) is 11.5 Å². The molecule has 0 amide bonds. The minimum absolute atomic E-state index is 0.322.